The highest BCUT2D eigenvalue weighted by atomic mass is 32.1. The van der Waals surface area contributed by atoms with Gasteiger partial charge in [-0.15, -0.1) is 0 Å². The first-order valence-electron chi connectivity index (χ1n) is 6.43. The lowest BCUT2D eigenvalue weighted by molar-refractivity contribution is 0.194. The lowest BCUT2D eigenvalue weighted by Crippen LogP contribution is -2.49. The van der Waals surface area contributed by atoms with Crippen molar-refractivity contribution in [3.05, 3.63) is 30.1 Å². The van der Waals surface area contributed by atoms with Crippen LogP contribution in [0.15, 0.2) is 24.3 Å². The van der Waals surface area contributed by atoms with Gasteiger partial charge < -0.3 is 10.2 Å². The number of halogens is 1. The molecule has 18 heavy (non-hydrogen) atoms. The van der Waals surface area contributed by atoms with E-state index in [2.05, 4.69) is 24.1 Å². The van der Waals surface area contributed by atoms with E-state index in [1.165, 1.54) is 18.6 Å². The summed E-state index contributed by atoms with van der Waals surface area (Å²) in [4.78, 5) is 2.23. The normalized spacial score (nSPS) is 23.8. The zero-order valence-corrected chi connectivity index (χ0v) is 11.6. The number of hydrogen-bond acceptors (Lipinski definition) is 1. The Morgan fingerprint density at radius 3 is 2.61 bits per heavy atom. The molecule has 1 aliphatic rings. The van der Waals surface area contributed by atoms with Gasteiger partial charge in [0.15, 0.2) is 5.11 Å². The van der Waals surface area contributed by atoms with Crippen molar-refractivity contribution >= 4 is 23.0 Å². The van der Waals surface area contributed by atoms with Gasteiger partial charge in [-0.1, -0.05) is 6.07 Å². The molecule has 1 saturated heterocycles. The van der Waals surface area contributed by atoms with Gasteiger partial charge in [0.25, 0.3) is 0 Å². The number of piperidine rings is 1. The predicted octanol–water partition coefficient (Wildman–Crippen LogP) is 3.79. The standard InChI is InChI=1S/C14H19FN2S/c1-10-5-3-6-11(2)17(10)14(18)16-13-8-4-7-12(15)9-13/h4,7-11H,3,5-6H2,1-2H3,(H,16,18). The van der Waals surface area contributed by atoms with Crippen LogP contribution in [-0.2, 0) is 0 Å². The summed E-state index contributed by atoms with van der Waals surface area (Å²) in [5, 5.41) is 3.83. The molecular formula is C14H19FN2S. The van der Waals surface area contributed by atoms with Crippen molar-refractivity contribution in [3.63, 3.8) is 0 Å². The Morgan fingerprint density at radius 1 is 1.33 bits per heavy atom. The van der Waals surface area contributed by atoms with Crippen molar-refractivity contribution in [3.8, 4) is 0 Å². The van der Waals surface area contributed by atoms with Gasteiger partial charge in [-0.05, 0) is 63.5 Å². The van der Waals surface area contributed by atoms with Crippen LogP contribution in [0.1, 0.15) is 33.1 Å². The fourth-order valence-electron chi connectivity index (χ4n) is 2.58. The van der Waals surface area contributed by atoms with Crippen LogP contribution in [0.2, 0.25) is 0 Å². The maximum Gasteiger partial charge on any atom is 0.173 e. The summed E-state index contributed by atoms with van der Waals surface area (Å²) in [5.74, 6) is -0.248. The highest BCUT2D eigenvalue weighted by Gasteiger charge is 2.26. The van der Waals surface area contributed by atoms with E-state index in [-0.39, 0.29) is 5.82 Å². The Labute approximate surface area is 113 Å². The maximum absolute atomic E-state index is 13.1. The largest absolute Gasteiger partial charge is 0.344 e. The molecule has 1 aromatic rings. The minimum atomic E-state index is -0.248. The minimum Gasteiger partial charge on any atom is -0.344 e. The van der Waals surface area contributed by atoms with E-state index in [1.807, 2.05) is 6.07 Å². The van der Waals surface area contributed by atoms with Gasteiger partial charge in [0, 0.05) is 17.8 Å². The van der Waals surface area contributed by atoms with Crippen LogP contribution in [-0.4, -0.2) is 22.1 Å². The average Bonchev–Trinajstić information content (AvgIpc) is 2.28. The molecule has 0 aromatic heterocycles. The summed E-state index contributed by atoms with van der Waals surface area (Å²) in [7, 11) is 0. The third kappa shape index (κ3) is 2.99. The van der Waals surface area contributed by atoms with Gasteiger partial charge in [0.2, 0.25) is 0 Å². The number of anilines is 1. The van der Waals surface area contributed by atoms with Crippen molar-refractivity contribution in [1.29, 1.82) is 0 Å². The first kappa shape index (κ1) is 13.3. The molecule has 1 aliphatic heterocycles. The van der Waals surface area contributed by atoms with Crippen molar-refractivity contribution in [2.24, 2.45) is 0 Å². The topological polar surface area (TPSA) is 15.3 Å². The number of hydrogen-bond donors (Lipinski definition) is 1. The van der Waals surface area contributed by atoms with Gasteiger partial charge in [-0.2, -0.15) is 0 Å². The summed E-state index contributed by atoms with van der Waals surface area (Å²) in [5.41, 5.74) is 0.713. The molecule has 0 aliphatic carbocycles. The van der Waals surface area contributed by atoms with E-state index >= 15 is 0 Å². The minimum absolute atomic E-state index is 0.248. The fourth-order valence-corrected chi connectivity index (χ4v) is 3.05. The Hall–Kier alpha value is -1.16. The summed E-state index contributed by atoms with van der Waals surface area (Å²) in [6.07, 6.45) is 3.58. The molecule has 2 atom stereocenters. The third-order valence-electron chi connectivity index (χ3n) is 3.50. The highest BCUT2D eigenvalue weighted by molar-refractivity contribution is 7.80. The first-order chi connectivity index (χ1) is 8.58. The van der Waals surface area contributed by atoms with Crippen LogP contribution in [0.25, 0.3) is 0 Å². The Kier molecular flexibility index (Phi) is 4.17. The smallest absolute Gasteiger partial charge is 0.173 e. The summed E-state index contributed by atoms with van der Waals surface area (Å²) in [6, 6.07) is 7.30. The summed E-state index contributed by atoms with van der Waals surface area (Å²) in [6.45, 7) is 4.38. The number of thiocarbonyl (C=S) groups is 1. The average molecular weight is 266 g/mol. The van der Waals surface area contributed by atoms with Gasteiger partial charge in [0.1, 0.15) is 5.82 Å². The Morgan fingerprint density at radius 2 is 2.00 bits per heavy atom. The Bertz CT molecular complexity index is 426. The van der Waals surface area contributed by atoms with E-state index in [0.717, 1.165) is 12.8 Å². The molecule has 1 heterocycles. The second-order valence-electron chi connectivity index (χ2n) is 4.98. The number of rotatable bonds is 1. The molecule has 98 valence electrons. The van der Waals surface area contributed by atoms with Gasteiger partial charge in [0.05, 0.1) is 0 Å². The summed E-state index contributed by atoms with van der Waals surface area (Å²) >= 11 is 5.45. The highest BCUT2D eigenvalue weighted by Crippen LogP contribution is 2.23. The van der Waals surface area contributed by atoms with Crippen LogP contribution in [0, 0.1) is 5.82 Å². The van der Waals surface area contributed by atoms with Crippen LogP contribution in [0.5, 0.6) is 0 Å². The molecule has 0 saturated carbocycles. The van der Waals surface area contributed by atoms with E-state index in [9.17, 15) is 4.39 Å². The monoisotopic (exact) mass is 266 g/mol. The van der Waals surface area contributed by atoms with Crippen LogP contribution in [0.4, 0.5) is 10.1 Å². The van der Waals surface area contributed by atoms with Crippen molar-refractivity contribution in [2.75, 3.05) is 5.32 Å². The predicted molar refractivity (Wildman–Crippen MR) is 77.2 cm³/mol. The quantitative estimate of drug-likeness (QED) is 0.779. The lowest BCUT2D eigenvalue weighted by Gasteiger charge is -2.40. The van der Waals surface area contributed by atoms with Gasteiger partial charge in [-0.25, -0.2) is 4.39 Å². The van der Waals surface area contributed by atoms with E-state index < -0.39 is 0 Å². The molecule has 1 aromatic carbocycles. The molecule has 0 bridgehead atoms. The van der Waals surface area contributed by atoms with Crippen molar-refractivity contribution in [1.82, 2.24) is 4.90 Å². The number of nitrogens with zero attached hydrogens (tertiary/aromatic N) is 1. The molecule has 1 N–H and O–H groups in total. The number of likely N-dealkylation sites (tertiary alicyclic amines) is 1. The van der Waals surface area contributed by atoms with Gasteiger partial charge >= 0.3 is 0 Å². The zero-order chi connectivity index (χ0) is 13.1. The van der Waals surface area contributed by atoms with Crippen LogP contribution < -0.4 is 5.32 Å². The van der Waals surface area contributed by atoms with E-state index in [0.29, 0.717) is 22.9 Å². The van der Waals surface area contributed by atoms with Gasteiger partial charge in [-0.3, -0.25) is 0 Å². The molecule has 0 radical (unpaired) electrons. The van der Waals surface area contributed by atoms with E-state index in [1.54, 1.807) is 6.07 Å². The molecule has 4 heteroatoms. The number of nitrogens with one attached hydrogen (secondary N) is 1. The van der Waals surface area contributed by atoms with Crippen LogP contribution in [0.3, 0.4) is 0 Å². The second-order valence-corrected chi connectivity index (χ2v) is 5.36. The number of benzene rings is 1. The summed E-state index contributed by atoms with van der Waals surface area (Å²) < 4.78 is 13.1. The van der Waals surface area contributed by atoms with E-state index in [4.69, 9.17) is 12.2 Å². The molecule has 2 nitrogen and oxygen atoms in total. The Balaban J connectivity index is 2.07. The maximum atomic E-state index is 13.1. The fraction of sp³-hybridized carbons (Fsp3) is 0.500. The molecule has 2 unspecified atom stereocenters. The zero-order valence-electron chi connectivity index (χ0n) is 10.8. The van der Waals surface area contributed by atoms with Crippen molar-refractivity contribution in [2.45, 2.75) is 45.2 Å². The molecular weight excluding hydrogens is 247 g/mol. The lowest BCUT2D eigenvalue weighted by atomic mass is 9.98. The third-order valence-corrected chi connectivity index (χ3v) is 3.82. The first-order valence-corrected chi connectivity index (χ1v) is 6.83. The van der Waals surface area contributed by atoms with Crippen LogP contribution >= 0.6 is 12.2 Å². The molecule has 1 fully saturated rings. The molecule has 2 rings (SSSR count). The molecule has 0 amide bonds. The SMILES string of the molecule is CC1CCCC(C)N1C(=S)Nc1cccc(F)c1. The van der Waals surface area contributed by atoms with Crippen molar-refractivity contribution < 1.29 is 4.39 Å². The molecule has 0 spiro atoms. The second kappa shape index (κ2) is 5.65.